The van der Waals surface area contributed by atoms with Gasteiger partial charge in [-0.25, -0.2) is 0 Å². The van der Waals surface area contributed by atoms with Gasteiger partial charge >= 0.3 is 0 Å². The van der Waals surface area contributed by atoms with Crippen molar-refractivity contribution in [2.24, 2.45) is 0 Å². The van der Waals surface area contributed by atoms with Crippen LogP contribution in [0.4, 0.5) is 0 Å². The number of ether oxygens (including phenoxy) is 2. The van der Waals surface area contributed by atoms with Gasteiger partial charge in [-0.1, -0.05) is 6.07 Å². The van der Waals surface area contributed by atoms with E-state index < -0.39 is 0 Å². The molecule has 0 aromatic heterocycles. The van der Waals surface area contributed by atoms with Crippen LogP contribution in [0.2, 0.25) is 0 Å². The highest BCUT2D eigenvalue weighted by molar-refractivity contribution is 5.44. The fourth-order valence-corrected chi connectivity index (χ4v) is 1.74. The predicted octanol–water partition coefficient (Wildman–Crippen LogP) is 3.36. The van der Waals surface area contributed by atoms with Gasteiger partial charge in [0.2, 0.25) is 0 Å². The average Bonchev–Trinajstić information content (AvgIpc) is 3.05. The summed E-state index contributed by atoms with van der Waals surface area (Å²) in [7, 11) is 0. The summed E-state index contributed by atoms with van der Waals surface area (Å²) in [4.78, 5) is 0. The molecule has 0 atom stereocenters. The Morgan fingerprint density at radius 1 is 1.07 bits per heavy atom. The highest BCUT2D eigenvalue weighted by atomic mass is 16.5. The zero-order valence-corrected chi connectivity index (χ0v) is 9.45. The highest BCUT2D eigenvalue weighted by Gasteiger charge is 2.24. The fraction of sp³-hybridized carbons (Fsp3) is 0.538. The van der Waals surface area contributed by atoms with E-state index in [9.17, 15) is 0 Å². The maximum Gasteiger partial charge on any atom is 0.161 e. The Balaban J connectivity index is 2.21. The molecule has 0 heterocycles. The Hall–Kier alpha value is -1.18. The first-order valence-corrected chi connectivity index (χ1v) is 5.74. The standard InChI is InChI=1S/C13H18O2/c1-3-14-12-8-7-11(10-5-6-10)9-13(12)15-4-2/h7-10H,3-6H2,1-2H3. The first kappa shape index (κ1) is 10.3. The third-order valence-electron chi connectivity index (χ3n) is 2.62. The molecule has 1 fully saturated rings. The molecular formula is C13H18O2. The highest BCUT2D eigenvalue weighted by Crippen LogP contribution is 2.42. The second-order valence-corrected chi connectivity index (χ2v) is 3.85. The lowest BCUT2D eigenvalue weighted by Crippen LogP contribution is -1.98. The van der Waals surface area contributed by atoms with Crippen molar-refractivity contribution in [2.45, 2.75) is 32.6 Å². The summed E-state index contributed by atoms with van der Waals surface area (Å²) in [5.41, 5.74) is 1.39. The van der Waals surface area contributed by atoms with E-state index in [1.54, 1.807) is 0 Å². The monoisotopic (exact) mass is 206 g/mol. The first-order valence-electron chi connectivity index (χ1n) is 5.74. The van der Waals surface area contributed by atoms with Crippen LogP contribution in [0.3, 0.4) is 0 Å². The van der Waals surface area contributed by atoms with Gasteiger partial charge in [0.1, 0.15) is 0 Å². The zero-order valence-electron chi connectivity index (χ0n) is 9.45. The second-order valence-electron chi connectivity index (χ2n) is 3.85. The normalized spacial score (nSPS) is 15.1. The maximum atomic E-state index is 5.58. The van der Waals surface area contributed by atoms with Crippen LogP contribution in [0.25, 0.3) is 0 Å². The lowest BCUT2D eigenvalue weighted by atomic mass is 10.1. The van der Waals surface area contributed by atoms with Gasteiger partial charge in [0.25, 0.3) is 0 Å². The number of benzene rings is 1. The molecule has 0 N–H and O–H groups in total. The van der Waals surface area contributed by atoms with Gasteiger partial charge in [-0.3, -0.25) is 0 Å². The molecule has 0 unspecified atom stereocenters. The molecular weight excluding hydrogens is 188 g/mol. The van der Waals surface area contributed by atoms with E-state index in [0.29, 0.717) is 13.2 Å². The molecule has 1 aromatic carbocycles. The fourth-order valence-electron chi connectivity index (χ4n) is 1.74. The van der Waals surface area contributed by atoms with E-state index in [1.165, 1.54) is 18.4 Å². The van der Waals surface area contributed by atoms with Crippen molar-refractivity contribution >= 4 is 0 Å². The summed E-state index contributed by atoms with van der Waals surface area (Å²) in [5, 5.41) is 0. The van der Waals surface area contributed by atoms with Crippen LogP contribution in [0.15, 0.2) is 18.2 Å². The van der Waals surface area contributed by atoms with Crippen molar-refractivity contribution in [1.82, 2.24) is 0 Å². The van der Waals surface area contributed by atoms with Crippen molar-refractivity contribution in [3.05, 3.63) is 23.8 Å². The van der Waals surface area contributed by atoms with E-state index in [1.807, 2.05) is 19.9 Å². The Labute approximate surface area is 91.2 Å². The van der Waals surface area contributed by atoms with Crippen LogP contribution >= 0.6 is 0 Å². The van der Waals surface area contributed by atoms with Crippen molar-refractivity contribution in [3.8, 4) is 11.5 Å². The Morgan fingerprint density at radius 3 is 2.33 bits per heavy atom. The Morgan fingerprint density at radius 2 is 1.73 bits per heavy atom. The van der Waals surface area contributed by atoms with Gasteiger partial charge in [-0.15, -0.1) is 0 Å². The molecule has 1 aliphatic rings. The minimum absolute atomic E-state index is 0.683. The number of rotatable bonds is 5. The van der Waals surface area contributed by atoms with Crippen LogP contribution in [0, 0.1) is 0 Å². The van der Waals surface area contributed by atoms with E-state index in [2.05, 4.69) is 12.1 Å². The SMILES string of the molecule is CCOc1ccc(C2CC2)cc1OCC. The van der Waals surface area contributed by atoms with Gasteiger partial charge in [-0.2, -0.15) is 0 Å². The van der Waals surface area contributed by atoms with Gasteiger partial charge < -0.3 is 9.47 Å². The van der Waals surface area contributed by atoms with Gasteiger partial charge in [0, 0.05) is 0 Å². The largest absolute Gasteiger partial charge is 0.490 e. The molecule has 0 spiro atoms. The third kappa shape index (κ3) is 2.44. The van der Waals surface area contributed by atoms with Crippen molar-refractivity contribution in [1.29, 1.82) is 0 Å². The van der Waals surface area contributed by atoms with Crippen molar-refractivity contribution in [2.75, 3.05) is 13.2 Å². The van der Waals surface area contributed by atoms with E-state index in [4.69, 9.17) is 9.47 Å². The smallest absolute Gasteiger partial charge is 0.161 e. The zero-order chi connectivity index (χ0) is 10.7. The molecule has 82 valence electrons. The molecule has 2 heteroatoms. The van der Waals surface area contributed by atoms with Gasteiger partial charge in [-0.05, 0) is 50.3 Å². The first-order chi connectivity index (χ1) is 7.35. The average molecular weight is 206 g/mol. The van der Waals surface area contributed by atoms with Gasteiger partial charge in [0.05, 0.1) is 13.2 Å². The van der Waals surface area contributed by atoms with E-state index >= 15 is 0 Å². The van der Waals surface area contributed by atoms with Crippen LogP contribution in [0.1, 0.15) is 38.2 Å². The predicted molar refractivity (Wildman–Crippen MR) is 60.8 cm³/mol. The molecule has 0 bridgehead atoms. The summed E-state index contributed by atoms with van der Waals surface area (Å²) in [6.07, 6.45) is 2.64. The van der Waals surface area contributed by atoms with Crippen LogP contribution in [0.5, 0.6) is 11.5 Å². The topological polar surface area (TPSA) is 18.5 Å². The summed E-state index contributed by atoms with van der Waals surface area (Å²) < 4.78 is 11.1. The molecule has 0 radical (unpaired) electrons. The summed E-state index contributed by atoms with van der Waals surface area (Å²) >= 11 is 0. The molecule has 15 heavy (non-hydrogen) atoms. The van der Waals surface area contributed by atoms with Crippen LogP contribution in [-0.2, 0) is 0 Å². The van der Waals surface area contributed by atoms with Crippen LogP contribution in [-0.4, -0.2) is 13.2 Å². The molecule has 1 aromatic rings. The minimum Gasteiger partial charge on any atom is -0.490 e. The molecule has 1 saturated carbocycles. The lowest BCUT2D eigenvalue weighted by Gasteiger charge is -2.12. The lowest BCUT2D eigenvalue weighted by molar-refractivity contribution is 0.287. The minimum atomic E-state index is 0.683. The van der Waals surface area contributed by atoms with Crippen LogP contribution < -0.4 is 9.47 Å². The molecule has 2 rings (SSSR count). The molecule has 0 aliphatic heterocycles. The Kier molecular flexibility index (Phi) is 3.14. The summed E-state index contributed by atoms with van der Waals surface area (Å²) in [6.45, 7) is 5.36. The number of hydrogen-bond acceptors (Lipinski definition) is 2. The summed E-state index contributed by atoms with van der Waals surface area (Å²) in [5.74, 6) is 2.52. The third-order valence-corrected chi connectivity index (χ3v) is 2.62. The number of hydrogen-bond donors (Lipinski definition) is 0. The van der Waals surface area contributed by atoms with Gasteiger partial charge in [0.15, 0.2) is 11.5 Å². The molecule has 1 aliphatic carbocycles. The second kappa shape index (κ2) is 4.56. The van der Waals surface area contributed by atoms with E-state index in [0.717, 1.165) is 17.4 Å². The molecule has 0 saturated heterocycles. The Bertz CT molecular complexity index is 329. The molecule has 2 nitrogen and oxygen atoms in total. The van der Waals surface area contributed by atoms with Crippen molar-refractivity contribution in [3.63, 3.8) is 0 Å². The van der Waals surface area contributed by atoms with Crippen molar-refractivity contribution < 1.29 is 9.47 Å². The van der Waals surface area contributed by atoms with E-state index in [-0.39, 0.29) is 0 Å². The maximum absolute atomic E-state index is 5.58. The molecule has 0 amide bonds. The summed E-state index contributed by atoms with van der Waals surface area (Å²) in [6, 6.07) is 6.32. The quantitative estimate of drug-likeness (QED) is 0.735.